The van der Waals surface area contributed by atoms with Gasteiger partial charge in [0.05, 0.1) is 20.0 Å². The zero-order valence-corrected chi connectivity index (χ0v) is 10.2. The van der Waals surface area contributed by atoms with Gasteiger partial charge in [0.15, 0.2) is 5.16 Å². The molecule has 8 nitrogen and oxygen atoms in total. The van der Waals surface area contributed by atoms with Gasteiger partial charge in [-0.25, -0.2) is 0 Å². The highest BCUT2D eigenvalue weighted by molar-refractivity contribution is 7.99. The van der Waals surface area contributed by atoms with Gasteiger partial charge in [0.2, 0.25) is 5.95 Å². The number of nitrogen functional groups attached to an aromatic ring is 1. The molecule has 1 aromatic heterocycles. The lowest BCUT2D eigenvalue weighted by atomic mass is 10.6. The quantitative estimate of drug-likeness (QED) is 0.546. The molecule has 1 rings (SSSR count). The largest absolute Gasteiger partial charge is 0.468 e. The number of carbonyl (C=O) groups is 2. The van der Waals surface area contributed by atoms with Gasteiger partial charge < -0.3 is 15.2 Å². The number of aromatic nitrogens is 3. The molecule has 0 aliphatic carbocycles. The lowest BCUT2D eigenvalue weighted by Gasteiger charge is -2.05. The van der Waals surface area contributed by atoms with Gasteiger partial charge in [0, 0.05) is 0 Å². The van der Waals surface area contributed by atoms with Crippen molar-refractivity contribution in [2.24, 2.45) is 0 Å². The van der Waals surface area contributed by atoms with Crippen LogP contribution in [0.2, 0.25) is 0 Å². The van der Waals surface area contributed by atoms with E-state index >= 15 is 0 Å². The highest BCUT2D eigenvalue weighted by Crippen LogP contribution is 2.18. The molecule has 1 heterocycles. The molecule has 0 amide bonds. The minimum absolute atomic E-state index is 0.0653. The molecule has 0 aromatic carbocycles. The SMILES string of the molecule is COC(=O)CSc1nnc(N)n1CC(=O)OC. The fourth-order valence-corrected chi connectivity index (χ4v) is 1.71. The zero-order chi connectivity index (χ0) is 12.8. The van der Waals surface area contributed by atoms with Gasteiger partial charge in [0.25, 0.3) is 0 Å². The van der Waals surface area contributed by atoms with Gasteiger partial charge in [-0.05, 0) is 0 Å². The van der Waals surface area contributed by atoms with E-state index in [-0.39, 0.29) is 18.2 Å². The summed E-state index contributed by atoms with van der Waals surface area (Å²) < 4.78 is 10.3. The van der Waals surface area contributed by atoms with E-state index < -0.39 is 11.9 Å². The molecule has 94 valence electrons. The Hall–Kier alpha value is -1.77. The summed E-state index contributed by atoms with van der Waals surface area (Å²) in [5.41, 5.74) is 5.54. The van der Waals surface area contributed by atoms with Crippen molar-refractivity contribution in [1.29, 1.82) is 0 Å². The van der Waals surface area contributed by atoms with Crippen molar-refractivity contribution in [3.05, 3.63) is 0 Å². The van der Waals surface area contributed by atoms with Crippen molar-refractivity contribution < 1.29 is 19.1 Å². The molecule has 9 heteroatoms. The van der Waals surface area contributed by atoms with Crippen LogP contribution < -0.4 is 5.73 Å². The Morgan fingerprint density at radius 1 is 1.29 bits per heavy atom. The molecular weight excluding hydrogens is 248 g/mol. The molecule has 0 aliphatic rings. The highest BCUT2D eigenvalue weighted by atomic mass is 32.2. The maximum Gasteiger partial charge on any atom is 0.325 e. The first kappa shape index (κ1) is 13.3. The summed E-state index contributed by atoms with van der Waals surface area (Å²) in [6.45, 7) is -0.0984. The molecular formula is C8H12N4O4S. The van der Waals surface area contributed by atoms with Crippen molar-refractivity contribution in [1.82, 2.24) is 14.8 Å². The van der Waals surface area contributed by atoms with Gasteiger partial charge in [-0.2, -0.15) is 0 Å². The van der Waals surface area contributed by atoms with E-state index in [0.29, 0.717) is 5.16 Å². The summed E-state index contributed by atoms with van der Waals surface area (Å²) >= 11 is 1.08. The summed E-state index contributed by atoms with van der Waals surface area (Å²) in [6, 6.07) is 0. The Balaban J connectivity index is 2.72. The van der Waals surface area contributed by atoms with Gasteiger partial charge >= 0.3 is 11.9 Å². The first-order chi connectivity index (χ1) is 8.08. The smallest absolute Gasteiger partial charge is 0.325 e. The number of hydrogen-bond donors (Lipinski definition) is 1. The molecule has 0 spiro atoms. The number of anilines is 1. The number of rotatable bonds is 5. The summed E-state index contributed by atoms with van der Waals surface area (Å²) in [4.78, 5) is 22.1. The fourth-order valence-electron chi connectivity index (χ4n) is 0.931. The van der Waals surface area contributed by atoms with Gasteiger partial charge in [-0.1, -0.05) is 11.8 Å². The number of thioether (sulfide) groups is 1. The molecule has 0 bridgehead atoms. The van der Waals surface area contributed by atoms with Crippen molar-refractivity contribution in [3.8, 4) is 0 Å². The van der Waals surface area contributed by atoms with E-state index in [1.807, 2.05) is 0 Å². The minimum atomic E-state index is -0.476. The van der Waals surface area contributed by atoms with Crippen LogP contribution in [0, 0.1) is 0 Å². The van der Waals surface area contributed by atoms with Gasteiger partial charge in [0.1, 0.15) is 6.54 Å². The van der Waals surface area contributed by atoms with Crippen LogP contribution in [-0.4, -0.2) is 46.7 Å². The van der Waals surface area contributed by atoms with Crippen LogP contribution >= 0.6 is 11.8 Å². The molecule has 0 unspecified atom stereocenters. The highest BCUT2D eigenvalue weighted by Gasteiger charge is 2.15. The van der Waals surface area contributed by atoms with Crippen LogP contribution in [0.1, 0.15) is 0 Å². The lowest BCUT2D eigenvalue weighted by molar-refractivity contribution is -0.141. The Bertz CT molecular complexity index is 420. The van der Waals surface area contributed by atoms with Gasteiger partial charge in [-0.15, -0.1) is 10.2 Å². The summed E-state index contributed by atoms with van der Waals surface area (Å²) in [6.07, 6.45) is 0. The number of ether oxygens (including phenoxy) is 2. The molecule has 0 saturated heterocycles. The van der Waals surface area contributed by atoms with Crippen LogP contribution in [0.4, 0.5) is 5.95 Å². The summed E-state index contributed by atoms with van der Waals surface area (Å²) in [7, 11) is 2.56. The van der Waals surface area contributed by atoms with Crippen molar-refractivity contribution in [2.75, 3.05) is 25.7 Å². The molecule has 0 radical (unpaired) electrons. The third-order valence-electron chi connectivity index (χ3n) is 1.81. The zero-order valence-electron chi connectivity index (χ0n) is 9.37. The topological polar surface area (TPSA) is 109 Å². The Morgan fingerprint density at radius 3 is 2.53 bits per heavy atom. The van der Waals surface area contributed by atoms with E-state index in [4.69, 9.17) is 5.73 Å². The van der Waals surface area contributed by atoms with Crippen molar-refractivity contribution in [2.45, 2.75) is 11.7 Å². The summed E-state index contributed by atoms with van der Waals surface area (Å²) in [5.74, 6) is -0.726. The molecule has 2 N–H and O–H groups in total. The monoisotopic (exact) mass is 260 g/mol. The predicted molar refractivity (Wildman–Crippen MR) is 59.2 cm³/mol. The predicted octanol–water partition coefficient (Wildman–Crippen LogP) is -0.702. The molecule has 0 fully saturated rings. The molecule has 0 aliphatic heterocycles. The van der Waals surface area contributed by atoms with Crippen LogP contribution in [0.15, 0.2) is 5.16 Å². The summed E-state index contributed by atoms with van der Waals surface area (Å²) in [5, 5.41) is 7.72. The standard InChI is InChI=1S/C8H12N4O4S/c1-15-5(13)3-12-7(9)10-11-8(12)17-4-6(14)16-2/h3-4H2,1-2H3,(H2,9,10). The Labute approximate surface area is 101 Å². The van der Waals surface area contributed by atoms with E-state index in [9.17, 15) is 9.59 Å². The third-order valence-corrected chi connectivity index (χ3v) is 2.75. The van der Waals surface area contributed by atoms with E-state index in [1.54, 1.807) is 0 Å². The van der Waals surface area contributed by atoms with E-state index in [2.05, 4.69) is 19.7 Å². The second kappa shape index (κ2) is 6.09. The second-order valence-corrected chi connectivity index (χ2v) is 3.81. The Morgan fingerprint density at radius 2 is 1.94 bits per heavy atom. The maximum atomic E-state index is 11.1. The number of nitrogens with two attached hydrogens (primary N) is 1. The fraction of sp³-hybridized carbons (Fsp3) is 0.500. The molecule has 0 saturated carbocycles. The third kappa shape index (κ3) is 3.63. The molecule has 1 aromatic rings. The minimum Gasteiger partial charge on any atom is -0.468 e. The van der Waals surface area contributed by atoms with Gasteiger partial charge in [-0.3, -0.25) is 14.2 Å². The molecule has 17 heavy (non-hydrogen) atoms. The maximum absolute atomic E-state index is 11.1. The number of nitrogens with zero attached hydrogens (tertiary/aromatic N) is 3. The lowest BCUT2D eigenvalue weighted by Crippen LogP contribution is -2.15. The second-order valence-electron chi connectivity index (χ2n) is 2.87. The van der Waals surface area contributed by atoms with Crippen LogP contribution in [0.3, 0.4) is 0 Å². The number of methoxy groups -OCH3 is 2. The number of esters is 2. The van der Waals surface area contributed by atoms with Crippen molar-refractivity contribution >= 4 is 29.6 Å². The number of hydrogen-bond acceptors (Lipinski definition) is 8. The average Bonchev–Trinajstić information content (AvgIpc) is 2.67. The van der Waals surface area contributed by atoms with E-state index in [0.717, 1.165) is 11.8 Å². The normalized spacial score (nSPS) is 10.0. The van der Waals surface area contributed by atoms with Crippen molar-refractivity contribution in [3.63, 3.8) is 0 Å². The van der Waals surface area contributed by atoms with Crippen LogP contribution in [0.25, 0.3) is 0 Å². The van der Waals surface area contributed by atoms with Crippen LogP contribution in [-0.2, 0) is 25.6 Å². The Kier molecular flexibility index (Phi) is 4.76. The number of carbonyl (C=O) groups excluding carboxylic acids is 2. The first-order valence-corrected chi connectivity index (χ1v) is 5.52. The van der Waals surface area contributed by atoms with E-state index in [1.165, 1.54) is 18.8 Å². The molecule has 0 atom stereocenters. The first-order valence-electron chi connectivity index (χ1n) is 4.53. The average molecular weight is 260 g/mol. The van der Waals surface area contributed by atoms with Crippen LogP contribution in [0.5, 0.6) is 0 Å².